The Morgan fingerprint density at radius 3 is 2.47 bits per heavy atom. The first-order valence-electron chi connectivity index (χ1n) is 10.3. The van der Waals surface area contributed by atoms with Crippen LogP contribution in [0.1, 0.15) is 37.0 Å². The molecule has 1 aliphatic rings. The van der Waals surface area contributed by atoms with Gasteiger partial charge in [-0.3, -0.25) is 9.10 Å². The first-order chi connectivity index (χ1) is 15.3. The Kier molecular flexibility index (Phi) is 7.57. The fourth-order valence-electron chi connectivity index (χ4n) is 2.96. The van der Waals surface area contributed by atoms with Gasteiger partial charge in [0.2, 0.25) is 22.7 Å². The molecule has 0 radical (unpaired) electrons. The average molecular weight is 463 g/mol. The van der Waals surface area contributed by atoms with Gasteiger partial charge in [-0.25, -0.2) is 13.2 Å². The second-order valence-electron chi connectivity index (χ2n) is 7.06. The van der Waals surface area contributed by atoms with E-state index in [1.54, 1.807) is 36.4 Å². The van der Waals surface area contributed by atoms with Crippen LogP contribution in [0.2, 0.25) is 0 Å². The maximum atomic E-state index is 12.6. The van der Waals surface area contributed by atoms with E-state index in [1.807, 2.05) is 6.92 Å². The van der Waals surface area contributed by atoms with Crippen molar-refractivity contribution >= 4 is 33.3 Å². The predicted molar refractivity (Wildman–Crippen MR) is 120 cm³/mol. The van der Waals surface area contributed by atoms with E-state index in [2.05, 4.69) is 5.32 Å². The van der Waals surface area contributed by atoms with Crippen molar-refractivity contribution in [3.63, 3.8) is 0 Å². The van der Waals surface area contributed by atoms with E-state index in [-0.39, 0.29) is 12.5 Å². The quantitative estimate of drug-likeness (QED) is 0.426. The summed E-state index contributed by atoms with van der Waals surface area (Å²) in [5.41, 5.74) is 1.10. The van der Waals surface area contributed by atoms with E-state index in [9.17, 15) is 18.0 Å². The molecule has 2 aromatic carbocycles. The van der Waals surface area contributed by atoms with Gasteiger partial charge in [0, 0.05) is 11.8 Å². The van der Waals surface area contributed by atoms with Gasteiger partial charge in [-0.05, 0) is 49.7 Å². The normalized spacial score (nSPS) is 12.3. The number of carbonyl (C=O) groups excluding carboxylic acids is 2. The summed E-state index contributed by atoms with van der Waals surface area (Å²) in [5.74, 6) is -0.206. The molecule has 1 heterocycles. The lowest BCUT2D eigenvalue weighted by Crippen LogP contribution is -2.39. The van der Waals surface area contributed by atoms with Crippen molar-refractivity contribution in [3.8, 4) is 11.5 Å². The van der Waals surface area contributed by atoms with Crippen LogP contribution in [-0.2, 0) is 19.6 Å². The molecule has 0 fully saturated rings. The highest BCUT2D eigenvalue weighted by atomic mass is 32.2. The number of ether oxygens (including phenoxy) is 3. The van der Waals surface area contributed by atoms with Crippen molar-refractivity contribution in [1.82, 2.24) is 0 Å². The summed E-state index contributed by atoms with van der Waals surface area (Å²) in [5, 5.41) is 2.66. The SMILES string of the molecule is CCCCOC(=O)c1ccc(NC(=O)CN(c2ccc3c(c2)OCO3)S(=O)(=O)CC)cc1. The molecule has 0 saturated heterocycles. The molecule has 10 heteroatoms. The van der Waals surface area contributed by atoms with Crippen molar-refractivity contribution in [2.45, 2.75) is 26.7 Å². The highest BCUT2D eigenvalue weighted by Gasteiger charge is 2.26. The molecule has 1 N–H and O–H groups in total. The van der Waals surface area contributed by atoms with Crippen LogP contribution >= 0.6 is 0 Å². The third kappa shape index (κ3) is 5.70. The number of unbranched alkanes of at least 4 members (excludes halogenated alkanes) is 1. The van der Waals surface area contributed by atoms with Gasteiger partial charge < -0.3 is 19.5 Å². The Hall–Kier alpha value is -3.27. The molecule has 0 bridgehead atoms. The summed E-state index contributed by atoms with van der Waals surface area (Å²) in [7, 11) is -3.73. The largest absolute Gasteiger partial charge is 0.462 e. The molecule has 172 valence electrons. The Morgan fingerprint density at radius 1 is 1.06 bits per heavy atom. The molecular weight excluding hydrogens is 436 g/mol. The Labute approximate surface area is 187 Å². The van der Waals surface area contributed by atoms with Crippen LogP contribution in [0.15, 0.2) is 42.5 Å². The topological polar surface area (TPSA) is 111 Å². The molecule has 1 amide bonds. The molecule has 32 heavy (non-hydrogen) atoms. The van der Waals surface area contributed by atoms with Crippen LogP contribution in [0, 0.1) is 0 Å². The van der Waals surface area contributed by atoms with Gasteiger partial charge in [-0.15, -0.1) is 0 Å². The lowest BCUT2D eigenvalue weighted by molar-refractivity contribution is -0.114. The number of nitrogens with one attached hydrogen (secondary N) is 1. The summed E-state index contributed by atoms with van der Waals surface area (Å²) < 4.78 is 42.0. The zero-order chi connectivity index (χ0) is 23.1. The summed E-state index contributed by atoms with van der Waals surface area (Å²) in [6.45, 7) is 3.50. The van der Waals surface area contributed by atoms with E-state index >= 15 is 0 Å². The maximum Gasteiger partial charge on any atom is 0.338 e. The van der Waals surface area contributed by atoms with Gasteiger partial charge >= 0.3 is 5.97 Å². The van der Waals surface area contributed by atoms with Gasteiger partial charge in [0.15, 0.2) is 11.5 Å². The zero-order valence-corrected chi connectivity index (χ0v) is 18.8. The fraction of sp³-hybridized carbons (Fsp3) is 0.364. The lowest BCUT2D eigenvalue weighted by atomic mass is 10.2. The highest BCUT2D eigenvalue weighted by molar-refractivity contribution is 7.92. The highest BCUT2D eigenvalue weighted by Crippen LogP contribution is 2.36. The molecule has 2 aromatic rings. The van der Waals surface area contributed by atoms with Gasteiger partial charge in [0.05, 0.1) is 23.6 Å². The number of rotatable bonds is 10. The first kappa shape index (κ1) is 23.4. The van der Waals surface area contributed by atoms with E-state index < -0.39 is 28.4 Å². The standard InChI is InChI=1S/C22H26N2O7S/c1-3-5-12-29-22(26)16-6-8-17(9-7-16)23-21(25)14-24(32(27,28)4-2)18-10-11-19-20(13-18)31-15-30-19/h6-11,13H,3-5,12,14-15H2,1-2H3,(H,23,25). The van der Waals surface area contributed by atoms with Gasteiger partial charge in [0.25, 0.3) is 0 Å². The predicted octanol–water partition coefficient (Wildman–Crippen LogP) is 3.17. The molecule has 3 rings (SSSR count). The Morgan fingerprint density at radius 2 is 1.78 bits per heavy atom. The number of sulfonamides is 1. The smallest absolute Gasteiger partial charge is 0.338 e. The zero-order valence-electron chi connectivity index (χ0n) is 18.0. The molecule has 0 spiro atoms. The van der Waals surface area contributed by atoms with Crippen molar-refractivity contribution in [1.29, 1.82) is 0 Å². The van der Waals surface area contributed by atoms with Crippen molar-refractivity contribution in [2.24, 2.45) is 0 Å². The number of anilines is 2. The molecule has 0 atom stereocenters. The van der Waals surface area contributed by atoms with E-state index in [4.69, 9.17) is 14.2 Å². The lowest BCUT2D eigenvalue weighted by Gasteiger charge is -2.23. The molecule has 0 aromatic heterocycles. The summed E-state index contributed by atoms with van der Waals surface area (Å²) in [6, 6.07) is 10.9. The van der Waals surface area contributed by atoms with E-state index in [0.29, 0.717) is 35.0 Å². The van der Waals surface area contributed by atoms with Crippen LogP contribution in [0.25, 0.3) is 0 Å². The summed E-state index contributed by atoms with van der Waals surface area (Å²) >= 11 is 0. The minimum absolute atomic E-state index is 0.0575. The Bertz CT molecular complexity index is 1070. The van der Waals surface area contributed by atoms with E-state index in [0.717, 1.165) is 17.1 Å². The fourth-order valence-corrected chi connectivity index (χ4v) is 4.02. The van der Waals surface area contributed by atoms with E-state index in [1.165, 1.54) is 13.0 Å². The molecule has 0 saturated carbocycles. The maximum absolute atomic E-state index is 12.6. The minimum Gasteiger partial charge on any atom is -0.462 e. The summed E-state index contributed by atoms with van der Waals surface area (Å²) in [4.78, 5) is 24.6. The minimum atomic E-state index is -3.73. The number of hydrogen-bond donors (Lipinski definition) is 1. The number of benzene rings is 2. The van der Waals surface area contributed by atoms with Crippen molar-refractivity contribution < 1.29 is 32.2 Å². The first-order valence-corrected chi connectivity index (χ1v) is 11.9. The van der Waals surface area contributed by atoms with Gasteiger partial charge in [-0.2, -0.15) is 0 Å². The van der Waals surface area contributed by atoms with Gasteiger partial charge in [0.1, 0.15) is 6.54 Å². The molecular formula is C22H26N2O7S. The van der Waals surface area contributed by atoms with Crippen LogP contribution in [0.5, 0.6) is 11.5 Å². The van der Waals surface area contributed by atoms with Crippen LogP contribution in [-0.4, -0.2) is 46.0 Å². The number of amides is 1. The van der Waals surface area contributed by atoms with Crippen molar-refractivity contribution in [2.75, 3.05) is 35.3 Å². The second kappa shape index (κ2) is 10.4. The number of fused-ring (bicyclic) bond motifs is 1. The number of carbonyl (C=O) groups is 2. The number of esters is 1. The molecule has 0 unspecified atom stereocenters. The Balaban J connectivity index is 1.68. The molecule has 9 nitrogen and oxygen atoms in total. The van der Waals surface area contributed by atoms with Crippen LogP contribution < -0.4 is 19.1 Å². The third-order valence-electron chi connectivity index (χ3n) is 4.77. The number of nitrogens with zero attached hydrogens (tertiary/aromatic N) is 1. The second-order valence-corrected chi connectivity index (χ2v) is 9.24. The van der Waals surface area contributed by atoms with Gasteiger partial charge in [-0.1, -0.05) is 13.3 Å². The van der Waals surface area contributed by atoms with Crippen LogP contribution in [0.3, 0.4) is 0 Å². The number of hydrogen-bond acceptors (Lipinski definition) is 7. The monoisotopic (exact) mass is 462 g/mol. The van der Waals surface area contributed by atoms with Crippen LogP contribution in [0.4, 0.5) is 11.4 Å². The third-order valence-corrected chi connectivity index (χ3v) is 6.51. The average Bonchev–Trinajstić information content (AvgIpc) is 3.26. The van der Waals surface area contributed by atoms with Crippen molar-refractivity contribution in [3.05, 3.63) is 48.0 Å². The summed E-state index contributed by atoms with van der Waals surface area (Å²) in [6.07, 6.45) is 1.72. The molecule has 0 aliphatic carbocycles. The molecule has 1 aliphatic heterocycles.